The zero-order valence-electron chi connectivity index (χ0n) is 16.8. The molecule has 4 rings (SSSR count). The highest BCUT2D eigenvalue weighted by atomic mass is 19.4. The van der Waals surface area contributed by atoms with Gasteiger partial charge < -0.3 is 10.1 Å². The summed E-state index contributed by atoms with van der Waals surface area (Å²) in [6.45, 7) is 1.83. The van der Waals surface area contributed by atoms with E-state index >= 15 is 0 Å². The maximum Gasteiger partial charge on any atom is 0.416 e. The van der Waals surface area contributed by atoms with E-state index in [-0.39, 0.29) is 17.1 Å². The molecule has 0 aliphatic carbocycles. The molecule has 1 amide bonds. The average Bonchev–Trinajstić information content (AvgIpc) is 3.43. The van der Waals surface area contributed by atoms with E-state index in [4.69, 9.17) is 4.74 Å². The molecule has 0 atom stereocenters. The number of hydrogen-bond donors (Lipinski definition) is 1. The fourth-order valence-corrected chi connectivity index (χ4v) is 3.07. The Labute approximate surface area is 179 Å². The van der Waals surface area contributed by atoms with Crippen molar-refractivity contribution in [1.29, 1.82) is 0 Å². The van der Waals surface area contributed by atoms with Crippen molar-refractivity contribution in [2.45, 2.75) is 13.1 Å². The summed E-state index contributed by atoms with van der Waals surface area (Å²) in [5, 5.41) is 17.9. The number of amides is 1. The summed E-state index contributed by atoms with van der Waals surface area (Å²) < 4.78 is 46.9. The van der Waals surface area contributed by atoms with Gasteiger partial charge in [-0.25, -0.2) is 9.36 Å². The largest absolute Gasteiger partial charge is 0.493 e. The number of halogens is 3. The fourth-order valence-electron chi connectivity index (χ4n) is 3.07. The first-order valence-corrected chi connectivity index (χ1v) is 9.23. The first-order chi connectivity index (χ1) is 15.3. The zero-order chi connectivity index (χ0) is 22.9. The van der Waals surface area contributed by atoms with Gasteiger partial charge in [0.1, 0.15) is 6.33 Å². The lowest BCUT2D eigenvalue weighted by Crippen LogP contribution is -2.14. The van der Waals surface area contributed by atoms with Crippen molar-refractivity contribution in [1.82, 2.24) is 30.0 Å². The lowest BCUT2D eigenvalue weighted by atomic mass is 10.1. The Hall–Kier alpha value is -4.22. The van der Waals surface area contributed by atoms with Crippen molar-refractivity contribution in [3.8, 4) is 17.1 Å². The van der Waals surface area contributed by atoms with Crippen molar-refractivity contribution in [2.75, 3.05) is 12.4 Å². The summed E-state index contributed by atoms with van der Waals surface area (Å²) in [7, 11) is 1.34. The highest BCUT2D eigenvalue weighted by Gasteiger charge is 2.30. The van der Waals surface area contributed by atoms with Crippen LogP contribution in [0.1, 0.15) is 21.6 Å². The fraction of sp³-hybridized carbons (Fsp3) is 0.150. The molecule has 2 aromatic carbocycles. The highest BCUT2D eigenvalue weighted by Crippen LogP contribution is 2.31. The number of alkyl halides is 3. The lowest BCUT2D eigenvalue weighted by molar-refractivity contribution is -0.137. The van der Waals surface area contributed by atoms with Crippen molar-refractivity contribution < 1.29 is 22.7 Å². The van der Waals surface area contributed by atoms with Gasteiger partial charge in [0.05, 0.1) is 30.2 Å². The van der Waals surface area contributed by atoms with Gasteiger partial charge in [-0.15, -0.1) is 5.10 Å². The van der Waals surface area contributed by atoms with E-state index in [9.17, 15) is 18.0 Å². The molecule has 1 N–H and O–H groups in total. The molecule has 164 valence electrons. The van der Waals surface area contributed by atoms with Gasteiger partial charge in [-0.3, -0.25) is 4.79 Å². The Morgan fingerprint density at radius 3 is 2.59 bits per heavy atom. The Morgan fingerprint density at radius 2 is 1.94 bits per heavy atom. The molecule has 2 heterocycles. The normalized spacial score (nSPS) is 11.4. The molecule has 0 fully saturated rings. The van der Waals surface area contributed by atoms with Gasteiger partial charge in [-0.2, -0.15) is 18.3 Å². The first kappa shape index (κ1) is 21.0. The van der Waals surface area contributed by atoms with Gasteiger partial charge in [0, 0.05) is 5.69 Å². The number of hydrogen-bond acceptors (Lipinski definition) is 6. The third-order valence-corrected chi connectivity index (χ3v) is 4.60. The number of anilines is 1. The van der Waals surface area contributed by atoms with Gasteiger partial charge in [-0.05, 0) is 59.3 Å². The van der Waals surface area contributed by atoms with Crippen LogP contribution in [0.5, 0.6) is 5.75 Å². The second kappa shape index (κ2) is 8.13. The maximum absolute atomic E-state index is 13.0. The number of benzene rings is 2. The van der Waals surface area contributed by atoms with Crippen LogP contribution in [-0.4, -0.2) is 43.0 Å². The van der Waals surface area contributed by atoms with Crippen LogP contribution in [0.15, 0.2) is 55.0 Å². The van der Waals surface area contributed by atoms with E-state index in [1.165, 1.54) is 36.4 Å². The molecule has 0 aliphatic heterocycles. The third kappa shape index (κ3) is 4.15. The van der Waals surface area contributed by atoms with E-state index in [0.717, 1.165) is 28.1 Å². The Kier molecular flexibility index (Phi) is 5.34. The number of carbonyl (C=O) groups is 1. The minimum Gasteiger partial charge on any atom is -0.493 e. The predicted molar refractivity (Wildman–Crippen MR) is 107 cm³/mol. The molecule has 9 nitrogen and oxygen atoms in total. The number of aryl methyl sites for hydroxylation is 1. The highest BCUT2D eigenvalue weighted by molar-refractivity contribution is 6.04. The van der Waals surface area contributed by atoms with Gasteiger partial charge >= 0.3 is 6.18 Å². The number of ether oxygens (including phenoxy) is 1. The Bertz CT molecular complexity index is 1270. The molecule has 0 saturated carbocycles. The van der Waals surface area contributed by atoms with Crippen LogP contribution in [0.25, 0.3) is 11.4 Å². The van der Waals surface area contributed by atoms with E-state index in [0.29, 0.717) is 5.69 Å². The number of methoxy groups -OCH3 is 1. The molecular formula is C20H16F3N7O2. The monoisotopic (exact) mass is 443 g/mol. The Balaban J connectivity index is 1.60. The van der Waals surface area contributed by atoms with Gasteiger partial charge in [0.15, 0.2) is 11.4 Å². The molecule has 2 aromatic heterocycles. The van der Waals surface area contributed by atoms with Crippen molar-refractivity contribution in [3.63, 3.8) is 0 Å². The molecule has 0 radical (unpaired) electrons. The van der Waals surface area contributed by atoms with Crippen molar-refractivity contribution >= 4 is 11.6 Å². The summed E-state index contributed by atoms with van der Waals surface area (Å²) in [4.78, 5) is 12.8. The molecule has 0 aliphatic rings. The molecule has 0 spiro atoms. The minimum absolute atomic E-state index is 0.0767. The van der Waals surface area contributed by atoms with Gasteiger partial charge in [0.25, 0.3) is 5.91 Å². The number of rotatable bonds is 5. The number of nitrogens with one attached hydrogen (secondary N) is 1. The van der Waals surface area contributed by atoms with Crippen molar-refractivity contribution in [3.05, 3.63) is 71.8 Å². The molecule has 32 heavy (non-hydrogen) atoms. The van der Waals surface area contributed by atoms with E-state index in [1.807, 2.05) is 6.92 Å². The van der Waals surface area contributed by atoms with E-state index in [2.05, 4.69) is 25.9 Å². The van der Waals surface area contributed by atoms with E-state index in [1.54, 1.807) is 18.2 Å². The lowest BCUT2D eigenvalue weighted by Gasteiger charge is -2.09. The number of carbonyl (C=O) groups excluding carboxylic acids is 1. The summed E-state index contributed by atoms with van der Waals surface area (Å²) >= 11 is 0. The zero-order valence-corrected chi connectivity index (χ0v) is 16.8. The smallest absolute Gasteiger partial charge is 0.416 e. The average molecular weight is 443 g/mol. The third-order valence-electron chi connectivity index (χ3n) is 4.60. The van der Waals surface area contributed by atoms with Gasteiger partial charge in [-0.1, -0.05) is 6.07 Å². The molecular weight excluding hydrogens is 427 g/mol. The second-order valence-corrected chi connectivity index (χ2v) is 6.75. The topological polar surface area (TPSA) is 99.8 Å². The van der Waals surface area contributed by atoms with Crippen LogP contribution in [0.4, 0.5) is 18.9 Å². The quantitative estimate of drug-likeness (QED) is 0.507. The molecule has 12 heteroatoms. The van der Waals surface area contributed by atoms with E-state index < -0.39 is 17.6 Å². The van der Waals surface area contributed by atoms with Crippen LogP contribution in [0, 0.1) is 6.92 Å². The Morgan fingerprint density at radius 1 is 1.12 bits per heavy atom. The summed E-state index contributed by atoms with van der Waals surface area (Å²) in [5.41, 5.74) is 1.26. The predicted octanol–water partition coefficient (Wildman–Crippen LogP) is 3.44. The van der Waals surface area contributed by atoms with Crippen LogP contribution in [0.2, 0.25) is 0 Å². The molecule has 4 aromatic rings. The SMILES string of the molecule is COc1cn(-c2cccc(C(F)(F)F)c2)nc1C(=O)Nc1ccc(-n2cnnn2)c(C)c1. The van der Waals surface area contributed by atoms with Crippen molar-refractivity contribution in [2.24, 2.45) is 0 Å². The van der Waals surface area contributed by atoms with Crippen LogP contribution < -0.4 is 10.1 Å². The molecule has 0 unspecified atom stereocenters. The standard InChI is InChI=1S/C20H16F3N7O2/c1-12-8-14(6-7-16(12)30-11-24-27-28-30)25-19(31)18-17(32-2)10-29(26-18)15-5-3-4-13(9-15)20(21,22)23/h3-11H,1-2H3,(H,25,31). The summed E-state index contributed by atoms with van der Waals surface area (Å²) in [6, 6.07) is 9.74. The van der Waals surface area contributed by atoms with Gasteiger partial charge in [0.2, 0.25) is 0 Å². The van der Waals surface area contributed by atoms with Crippen LogP contribution in [0.3, 0.4) is 0 Å². The maximum atomic E-state index is 13.0. The second-order valence-electron chi connectivity index (χ2n) is 6.75. The van der Waals surface area contributed by atoms with Crippen LogP contribution in [-0.2, 0) is 6.18 Å². The minimum atomic E-state index is -4.50. The van der Waals surface area contributed by atoms with Crippen LogP contribution >= 0.6 is 0 Å². The number of aromatic nitrogens is 6. The summed E-state index contributed by atoms with van der Waals surface area (Å²) in [5.74, 6) is -0.468. The number of nitrogens with zero attached hydrogens (tertiary/aromatic N) is 6. The first-order valence-electron chi connectivity index (χ1n) is 9.23. The molecule has 0 saturated heterocycles. The molecule has 0 bridgehead atoms. The summed E-state index contributed by atoms with van der Waals surface area (Å²) in [6.07, 6.45) is -1.71. The number of tetrazole rings is 1.